The number of cyclic esters (lactones) is 2. The van der Waals surface area contributed by atoms with Gasteiger partial charge in [0.15, 0.2) is 6.10 Å². The summed E-state index contributed by atoms with van der Waals surface area (Å²) >= 11 is 6.31. The lowest BCUT2D eigenvalue weighted by molar-refractivity contribution is -0.179. The lowest BCUT2D eigenvalue weighted by Crippen LogP contribution is -2.49. The van der Waals surface area contributed by atoms with E-state index in [9.17, 15) is 34.2 Å². The zero-order valence-corrected chi connectivity index (χ0v) is 31.1. The van der Waals surface area contributed by atoms with Crippen molar-refractivity contribution >= 4 is 41.3 Å². The molecule has 3 rings (SSSR count). The molecule has 0 fully saturated rings. The monoisotopic (exact) mass is 756 g/mol. The maximum absolute atomic E-state index is 13.7. The third kappa shape index (κ3) is 13.3. The van der Waals surface area contributed by atoms with E-state index in [1.54, 1.807) is 55.5 Å². The molecule has 0 unspecified atom stereocenters. The second kappa shape index (κ2) is 21.1. The first kappa shape index (κ1) is 42.7. The molecule has 4 N–H and O–H groups in total. The number of aliphatic hydroxyl groups excluding tert-OH is 2. The molecule has 1 aliphatic heterocycles. The van der Waals surface area contributed by atoms with Crippen LogP contribution in [0.1, 0.15) is 57.3 Å². The summed E-state index contributed by atoms with van der Waals surface area (Å²) in [5.41, 5.74) is 1.02. The van der Waals surface area contributed by atoms with Crippen molar-refractivity contribution in [3.8, 4) is 5.75 Å². The van der Waals surface area contributed by atoms with Gasteiger partial charge in [-0.3, -0.25) is 19.2 Å². The fourth-order valence-electron chi connectivity index (χ4n) is 5.62. The Morgan fingerprint density at radius 3 is 2.42 bits per heavy atom. The van der Waals surface area contributed by atoms with Gasteiger partial charge in [-0.05, 0) is 41.7 Å². The Bertz CT molecular complexity index is 1600. The zero-order valence-electron chi connectivity index (χ0n) is 30.4. The van der Waals surface area contributed by atoms with Crippen LogP contribution >= 0.6 is 11.6 Å². The van der Waals surface area contributed by atoms with Crippen LogP contribution in [0.25, 0.3) is 0 Å². The number of aliphatic hydroxyl groups is 2. The summed E-state index contributed by atoms with van der Waals surface area (Å²) in [6, 6.07) is 12.2. The fourth-order valence-corrected chi connectivity index (χ4v) is 5.90. The van der Waals surface area contributed by atoms with Gasteiger partial charge in [0.25, 0.3) is 0 Å². The molecule has 7 atom stereocenters. The van der Waals surface area contributed by atoms with Crippen molar-refractivity contribution in [2.75, 3.05) is 20.3 Å². The number of halogens is 1. The van der Waals surface area contributed by atoms with Crippen LogP contribution in [0.15, 0.2) is 73.3 Å². The number of amides is 2. The second-order valence-electron chi connectivity index (χ2n) is 13.2. The molecule has 2 amide bonds. The number of hydrogen-bond acceptors (Lipinski definition) is 11. The molecule has 0 saturated heterocycles. The number of nitrogens with one attached hydrogen (secondary N) is 2. The number of benzene rings is 2. The van der Waals surface area contributed by atoms with Crippen molar-refractivity contribution in [2.45, 2.75) is 76.9 Å². The van der Waals surface area contributed by atoms with Crippen molar-refractivity contribution in [1.82, 2.24) is 10.6 Å². The van der Waals surface area contributed by atoms with E-state index in [1.165, 1.54) is 25.3 Å². The van der Waals surface area contributed by atoms with Gasteiger partial charge in [-0.25, -0.2) is 4.79 Å². The number of methoxy groups -OCH3 is 1. The Morgan fingerprint density at radius 2 is 1.77 bits per heavy atom. The maximum Gasteiger partial charge on any atom is 0.347 e. The van der Waals surface area contributed by atoms with Crippen LogP contribution in [0.5, 0.6) is 5.75 Å². The molecule has 0 saturated carbocycles. The number of ether oxygens (including phenoxy) is 4. The first-order chi connectivity index (χ1) is 25.2. The van der Waals surface area contributed by atoms with E-state index < -0.39 is 85.0 Å². The van der Waals surface area contributed by atoms with Gasteiger partial charge in [0, 0.05) is 25.3 Å². The van der Waals surface area contributed by atoms with Crippen molar-refractivity contribution in [2.24, 2.45) is 17.8 Å². The maximum atomic E-state index is 13.7. The van der Waals surface area contributed by atoms with E-state index in [-0.39, 0.29) is 36.8 Å². The van der Waals surface area contributed by atoms with Crippen LogP contribution in [-0.4, -0.2) is 84.6 Å². The van der Waals surface area contributed by atoms with Crippen molar-refractivity contribution in [3.63, 3.8) is 0 Å². The van der Waals surface area contributed by atoms with Crippen molar-refractivity contribution in [3.05, 3.63) is 89.5 Å². The molecular formula is C39H49ClN2O11. The third-order valence-corrected chi connectivity index (χ3v) is 8.92. The summed E-state index contributed by atoms with van der Waals surface area (Å²) < 4.78 is 21.8. The quantitative estimate of drug-likeness (QED) is 0.132. The van der Waals surface area contributed by atoms with E-state index in [4.69, 9.17) is 30.5 Å². The Kier molecular flexibility index (Phi) is 17.0. The molecule has 2 aromatic carbocycles. The normalized spacial score (nSPS) is 22.6. The first-order valence-electron chi connectivity index (χ1n) is 17.4. The first-order valence-corrected chi connectivity index (χ1v) is 17.8. The fraction of sp³-hybridized carbons (Fsp3) is 0.462. The van der Waals surface area contributed by atoms with E-state index in [0.717, 1.165) is 0 Å². The highest BCUT2D eigenvalue weighted by Gasteiger charge is 2.37. The SMILES string of the molecule is C=CCOC(=O)C[C@H]1CNC(=O)[C@@H](Cc2ccc(OC)c(Cl)c2)NC(=O)/C=C/C[C@@H]([C@H](C)[C@@H](O)[C@H](O)c2ccccc2)OC(=O)[C@H](CC(C)C)OC1=O. The number of carbonyl (C=O) groups is 5. The van der Waals surface area contributed by atoms with E-state index in [2.05, 4.69) is 17.2 Å². The summed E-state index contributed by atoms with van der Waals surface area (Å²) in [6.07, 6.45) is -1.90. The van der Waals surface area contributed by atoms with Gasteiger partial charge in [-0.1, -0.05) is 87.5 Å². The molecular weight excluding hydrogens is 708 g/mol. The van der Waals surface area contributed by atoms with Gasteiger partial charge >= 0.3 is 17.9 Å². The average molecular weight is 757 g/mol. The van der Waals surface area contributed by atoms with Gasteiger partial charge in [0.2, 0.25) is 11.8 Å². The molecule has 0 bridgehead atoms. The molecule has 13 nitrogen and oxygen atoms in total. The van der Waals surface area contributed by atoms with Crippen LogP contribution in [0.2, 0.25) is 5.02 Å². The van der Waals surface area contributed by atoms with Gasteiger partial charge in [-0.2, -0.15) is 0 Å². The molecule has 0 radical (unpaired) electrons. The van der Waals surface area contributed by atoms with Crippen LogP contribution in [0.3, 0.4) is 0 Å². The summed E-state index contributed by atoms with van der Waals surface area (Å²) in [5.74, 6) is -5.94. The molecule has 288 valence electrons. The van der Waals surface area contributed by atoms with Crippen LogP contribution < -0.4 is 15.4 Å². The number of esters is 3. The summed E-state index contributed by atoms with van der Waals surface area (Å²) in [5, 5.41) is 27.8. The third-order valence-electron chi connectivity index (χ3n) is 8.62. The summed E-state index contributed by atoms with van der Waals surface area (Å²) in [7, 11) is 1.46. The summed E-state index contributed by atoms with van der Waals surface area (Å²) in [4.78, 5) is 66.8. The Balaban J connectivity index is 2.01. The molecule has 0 aromatic heterocycles. The minimum atomic E-state index is -1.43. The highest BCUT2D eigenvalue weighted by molar-refractivity contribution is 6.32. The van der Waals surface area contributed by atoms with Gasteiger partial charge < -0.3 is 39.8 Å². The second-order valence-corrected chi connectivity index (χ2v) is 13.6. The minimum Gasteiger partial charge on any atom is -0.495 e. The van der Waals surface area contributed by atoms with Gasteiger partial charge in [0.1, 0.15) is 30.6 Å². The highest BCUT2D eigenvalue weighted by Crippen LogP contribution is 2.28. The molecule has 14 heteroatoms. The van der Waals surface area contributed by atoms with Crippen LogP contribution in [0, 0.1) is 17.8 Å². The molecule has 53 heavy (non-hydrogen) atoms. The molecule has 1 aliphatic rings. The standard InChI is InChI=1S/C39H49ClN2O11/c1-6-17-51-34(44)21-27-22-41-37(47)29(20-25-15-16-31(50-5)28(40)19-25)42-33(43)14-10-13-30(52-39(49)32(18-23(2)3)53-38(27)48)24(4)35(45)36(46)26-11-8-7-9-12-26/h6-12,14-16,19,23-24,27,29-30,32,35-36,45-46H,1,13,17-18,20-22H2,2-5H3,(H,41,47)(H,42,43)/b14-10+/t24-,27-,29+,30-,32-,35+,36+/m0/s1. The summed E-state index contributed by atoms with van der Waals surface area (Å²) in [6.45, 7) is 8.18. The highest BCUT2D eigenvalue weighted by atomic mass is 35.5. The van der Waals surface area contributed by atoms with E-state index in [0.29, 0.717) is 16.9 Å². The Morgan fingerprint density at radius 1 is 1.06 bits per heavy atom. The Hall–Kier alpha value is -4.72. The smallest absolute Gasteiger partial charge is 0.347 e. The average Bonchev–Trinajstić information content (AvgIpc) is 3.13. The van der Waals surface area contributed by atoms with Crippen molar-refractivity contribution < 1.29 is 53.1 Å². The van der Waals surface area contributed by atoms with Crippen molar-refractivity contribution in [1.29, 1.82) is 0 Å². The number of carbonyl (C=O) groups excluding carboxylic acids is 5. The molecule has 0 spiro atoms. The van der Waals surface area contributed by atoms with E-state index >= 15 is 0 Å². The van der Waals surface area contributed by atoms with Gasteiger partial charge in [-0.15, -0.1) is 0 Å². The Labute approximate surface area is 314 Å². The molecule has 2 aromatic rings. The number of rotatable bonds is 13. The minimum absolute atomic E-state index is 0.0110. The predicted octanol–water partition coefficient (Wildman–Crippen LogP) is 3.79. The predicted molar refractivity (Wildman–Crippen MR) is 195 cm³/mol. The van der Waals surface area contributed by atoms with Gasteiger partial charge in [0.05, 0.1) is 30.6 Å². The number of hydrogen-bond donors (Lipinski definition) is 4. The lowest BCUT2D eigenvalue weighted by Gasteiger charge is -2.31. The molecule has 0 aliphatic carbocycles. The molecule has 1 heterocycles. The topological polar surface area (TPSA) is 187 Å². The zero-order chi connectivity index (χ0) is 39.1. The largest absolute Gasteiger partial charge is 0.495 e. The van der Waals surface area contributed by atoms with Crippen LogP contribution in [0.4, 0.5) is 0 Å². The lowest BCUT2D eigenvalue weighted by atomic mass is 9.89. The van der Waals surface area contributed by atoms with E-state index in [1.807, 2.05) is 13.8 Å². The van der Waals surface area contributed by atoms with Crippen LogP contribution in [-0.2, 0) is 44.6 Å².